The Kier molecular flexibility index (Phi) is 5.48. The van der Waals surface area contributed by atoms with Crippen LogP contribution in [0.4, 0.5) is 0 Å². The van der Waals surface area contributed by atoms with Crippen LogP contribution in [0.5, 0.6) is 0 Å². The zero-order valence-electron chi connectivity index (χ0n) is 18.7. The third-order valence-corrected chi connectivity index (χ3v) is 9.31. The summed E-state index contributed by atoms with van der Waals surface area (Å²) in [6.07, 6.45) is 15.4. The number of esters is 2. The van der Waals surface area contributed by atoms with Gasteiger partial charge >= 0.3 is 11.9 Å². The van der Waals surface area contributed by atoms with E-state index < -0.39 is 0 Å². The van der Waals surface area contributed by atoms with E-state index in [1.807, 2.05) is 13.8 Å². The summed E-state index contributed by atoms with van der Waals surface area (Å²) in [5.41, 5.74) is -0.386. The van der Waals surface area contributed by atoms with Gasteiger partial charge in [-0.2, -0.15) is 0 Å². The summed E-state index contributed by atoms with van der Waals surface area (Å²) in [6.45, 7) is 4.44. The van der Waals surface area contributed by atoms with Crippen LogP contribution in [0.25, 0.3) is 0 Å². The van der Waals surface area contributed by atoms with Gasteiger partial charge in [-0.15, -0.1) is 0 Å². The van der Waals surface area contributed by atoms with Gasteiger partial charge in [-0.1, -0.05) is 31.4 Å². The summed E-state index contributed by atoms with van der Waals surface area (Å²) >= 11 is 0. The van der Waals surface area contributed by atoms with Gasteiger partial charge in [0, 0.05) is 6.42 Å². The first-order chi connectivity index (χ1) is 14.4. The number of carbonyl (C=O) groups excluding carboxylic acids is 2. The second-order valence-electron chi connectivity index (χ2n) is 11.3. The number of allylic oxidation sites excluding steroid dienone is 2. The Morgan fingerprint density at radius 2 is 1.70 bits per heavy atom. The molecule has 166 valence electrons. The maximum absolute atomic E-state index is 12.8. The highest BCUT2D eigenvalue weighted by Gasteiger charge is 2.62. The van der Waals surface area contributed by atoms with Crippen molar-refractivity contribution in [1.82, 2.24) is 0 Å². The largest absolute Gasteiger partial charge is 0.465 e. The second-order valence-corrected chi connectivity index (χ2v) is 11.3. The van der Waals surface area contributed by atoms with Gasteiger partial charge < -0.3 is 9.47 Å². The number of hydrogen-bond acceptors (Lipinski definition) is 4. The molecule has 0 amide bonds. The molecule has 5 aliphatic carbocycles. The predicted octanol–water partition coefficient (Wildman–Crippen LogP) is 5.31. The van der Waals surface area contributed by atoms with Gasteiger partial charge in [0.2, 0.25) is 0 Å². The predicted molar refractivity (Wildman–Crippen MR) is 114 cm³/mol. The maximum Gasteiger partial charge on any atom is 0.309 e. The van der Waals surface area contributed by atoms with Gasteiger partial charge in [-0.25, -0.2) is 0 Å². The summed E-state index contributed by atoms with van der Waals surface area (Å²) in [4.78, 5) is 25.1. The molecule has 0 aromatic rings. The molecule has 0 radical (unpaired) electrons. The highest BCUT2D eigenvalue weighted by atomic mass is 16.6. The van der Waals surface area contributed by atoms with E-state index in [9.17, 15) is 9.59 Å². The van der Waals surface area contributed by atoms with Crippen molar-refractivity contribution in [3.63, 3.8) is 0 Å². The molecular formula is C26H38O4. The van der Waals surface area contributed by atoms with Gasteiger partial charge in [0.15, 0.2) is 0 Å². The van der Waals surface area contributed by atoms with Crippen LogP contribution in [0.2, 0.25) is 0 Å². The average molecular weight is 415 g/mol. The molecule has 4 bridgehead atoms. The van der Waals surface area contributed by atoms with Crippen LogP contribution in [-0.4, -0.2) is 24.1 Å². The molecule has 5 aliphatic rings. The Morgan fingerprint density at radius 1 is 0.967 bits per heavy atom. The number of rotatable bonds is 7. The fourth-order valence-electron chi connectivity index (χ4n) is 8.01. The van der Waals surface area contributed by atoms with E-state index in [0.717, 1.165) is 42.9 Å². The van der Waals surface area contributed by atoms with Gasteiger partial charge in [-0.05, 0) is 93.8 Å². The molecule has 0 aromatic carbocycles. The lowest BCUT2D eigenvalue weighted by atomic mass is 9.69. The monoisotopic (exact) mass is 414 g/mol. The summed E-state index contributed by atoms with van der Waals surface area (Å²) in [6, 6.07) is 0. The molecule has 0 spiro atoms. The summed E-state index contributed by atoms with van der Waals surface area (Å²) in [5, 5.41) is 0. The van der Waals surface area contributed by atoms with Crippen LogP contribution in [-0.2, 0) is 19.1 Å². The number of hydrogen-bond donors (Lipinski definition) is 0. The minimum atomic E-state index is -0.386. The first kappa shape index (κ1) is 20.6. The maximum atomic E-state index is 12.8. The van der Waals surface area contributed by atoms with Gasteiger partial charge in [0.05, 0.1) is 12.5 Å². The Hall–Kier alpha value is -1.32. The molecule has 4 fully saturated rings. The fourth-order valence-corrected chi connectivity index (χ4v) is 8.01. The lowest BCUT2D eigenvalue weighted by molar-refractivity contribution is -0.164. The molecular weight excluding hydrogens is 376 g/mol. The quantitative estimate of drug-likeness (QED) is 0.245. The standard InChI is InChI=1S/C26H38O4/c1-26(2,19-7-4-3-5-8-19)30-22(27)9-6-12-29-25(28)21-15-18-14-20(21)24-17-11-10-16(13-17)23(18)24/h10-11,16-21,23-24H,3-9,12-15H2,1-2H3. The molecule has 0 N–H and O–H groups in total. The van der Waals surface area contributed by atoms with Crippen molar-refractivity contribution < 1.29 is 19.1 Å². The Balaban J connectivity index is 1.04. The smallest absolute Gasteiger partial charge is 0.309 e. The third kappa shape index (κ3) is 3.62. The SMILES string of the molecule is CC(C)(OC(=O)CCCOC(=O)C1CC2CC1C1C3C=CC(C3)C21)C1CCCCC1. The van der Waals surface area contributed by atoms with Crippen molar-refractivity contribution in [2.45, 2.75) is 83.7 Å². The van der Waals surface area contributed by atoms with Crippen molar-refractivity contribution >= 4 is 11.9 Å². The third-order valence-electron chi connectivity index (χ3n) is 9.31. The average Bonchev–Trinajstić information content (AvgIpc) is 3.51. The van der Waals surface area contributed by atoms with Crippen LogP contribution in [0.15, 0.2) is 12.2 Å². The van der Waals surface area contributed by atoms with E-state index in [1.54, 1.807) is 0 Å². The first-order valence-corrected chi connectivity index (χ1v) is 12.5. The van der Waals surface area contributed by atoms with Crippen molar-refractivity contribution in [3.05, 3.63) is 12.2 Å². The van der Waals surface area contributed by atoms with Crippen LogP contribution < -0.4 is 0 Å². The zero-order valence-corrected chi connectivity index (χ0v) is 18.7. The van der Waals surface area contributed by atoms with Crippen molar-refractivity contribution in [2.75, 3.05) is 6.61 Å². The van der Waals surface area contributed by atoms with Crippen LogP contribution in [0, 0.1) is 47.3 Å². The molecule has 0 heterocycles. The number of fused-ring (bicyclic) bond motifs is 9. The summed E-state index contributed by atoms with van der Waals surface area (Å²) in [5.74, 6) is 4.75. The minimum Gasteiger partial charge on any atom is -0.465 e. The van der Waals surface area contributed by atoms with Crippen molar-refractivity contribution in [3.8, 4) is 0 Å². The van der Waals surface area contributed by atoms with Crippen LogP contribution >= 0.6 is 0 Å². The molecule has 4 heteroatoms. The molecule has 7 atom stereocenters. The highest BCUT2D eigenvalue weighted by Crippen LogP contribution is 2.67. The number of ether oxygens (including phenoxy) is 2. The Bertz CT molecular complexity index is 704. The summed E-state index contributed by atoms with van der Waals surface area (Å²) in [7, 11) is 0. The van der Waals surface area contributed by atoms with E-state index in [2.05, 4.69) is 12.2 Å². The van der Waals surface area contributed by atoms with Gasteiger partial charge in [0.1, 0.15) is 5.60 Å². The van der Waals surface area contributed by atoms with Gasteiger partial charge in [0.25, 0.3) is 0 Å². The fraction of sp³-hybridized carbons (Fsp3) is 0.846. The van der Waals surface area contributed by atoms with E-state index >= 15 is 0 Å². The molecule has 30 heavy (non-hydrogen) atoms. The van der Waals surface area contributed by atoms with Crippen molar-refractivity contribution in [1.29, 1.82) is 0 Å². The Labute approximate surface area is 181 Å². The zero-order chi connectivity index (χ0) is 20.9. The van der Waals surface area contributed by atoms with E-state index in [0.29, 0.717) is 37.2 Å². The first-order valence-electron chi connectivity index (χ1n) is 12.5. The molecule has 0 saturated heterocycles. The van der Waals surface area contributed by atoms with Crippen LogP contribution in [0.3, 0.4) is 0 Å². The van der Waals surface area contributed by atoms with Gasteiger partial charge in [-0.3, -0.25) is 9.59 Å². The molecule has 0 aromatic heterocycles. The molecule has 5 rings (SSSR count). The molecule has 0 aliphatic heterocycles. The molecule has 4 nitrogen and oxygen atoms in total. The van der Waals surface area contributed by atoms with E-state index in [4.69, 9.17) is 9.47 Å². The molecule has 4 saturated carbocycles. The second kappa shape index (κ2) is 7.98. The lowest BCUT2D eigenvalue weighted by Gasteiger charge is -2.36. The normalized spacial score (nSPS) is 39.3. The molecule has 7 unspecified atom stereocenters. The van der Waals surface area contributed by atoms with E-state index in [-0.39, 0.29) is 23.5 Å². The van der Waals surface area contributed by atoms with E-state index in [1.165, 1.54) is 32.1 Å². The van der Waals surface area contributed by atoms with Crippen molar-refractivity contribution in [2.24, 2.45) is 47.3 Å². The lowest BCUT2D eigenvalue weighted by Crippen LogP contribution is -2.38. The Morgan fingerprint density at radius 3 is 2.47 bits per heavy atom. The topological polar surface area (TPSA) is 52.6 Å². The van der Waals surface area contributed by atoms with Crippen LogP contribution in [0.1, 0.15) is 78.1 Å². The summed E-state index contributed by atoms with van der Waals surface area (Å²) < 4.78 is 11.5. The number of carbonyl (C=O) groups is 2. The minimum absolute atomic E-state index is 0.0106. The highest BCUT2D eigenvalue weighted by molar-refractivity contribution is 5.74.